The molecule has 0 radical (unpaired) electrons. The number of pyridine rings is 1. The van der Waals surface area contributed by atoms with Gasteiger partial charge in [-0.05, 0) is 29.0 Å². The van der Waals surface area contributed by atoms with Gasteiger partial charge in [-0.2, -0.15) is 0 Å². The summed E-state index contributed by atoms with van der Waals surface area (Å²) in [5.74, 6) is 1.49. The summed E-state index contributed by atoms with van der Waals surface area (Å²) >= 11 is 1.66. The quantitative estimate of drug-likeness (QED) is 0.420. The van der Waals surface area contributed by atoms with Crippen LogP contribution < -0.4 is 11.1 Å². The van der Waals surface area contributed by atoms with Gasteiger partial charge in [-0.3, -0.25) is 0 Å². The molecule has 0 fully saturated rings. The van der Waals surface area contributed by atoms with E-state index < -0.39 is 6.09 Å². The number of carbonyl (C=O) groups is 1. The van der Waals surface area contributed by atoms with Gasteiger partial charge in [0.2, 0.25) is 0 Å². The Morgan fingerprint density at radius 2 is 1.97 bits per heavy atom. The molecule has 29 heavy (non-hydrogen) atoms. The fourth-order valence-electron chi connectivity index (χ4n) is 3.48. The van der Waals surface area contributed by atoms with Gasteiger partial charge < -0.3 is 20.7 Å². The van der Waals surface area contributed by atoms with E-state index in [0.29, 0.717) is 18.9 Å². The van der Waals surface area contributed by atoms with E-state index >= 15 is 0 Å². The van der Waals surface area contributed by atoms with Crippen molar-refractivity contribution in [3.05, 3.63) is 52.7 Å². The average Bonchev–Trinajstić information content (AvgIpc) is 3.30. The van der Waals surface area contributed by atoms with Gasteiger partial charge in [-0.25, -0.2) is 14.8 Å². The van der Waals surface area contributed by atoms with Crippen molar-refractivity contribution < 1.29 is 9.90 Å². The molecule has 1 aromatic carbocycles. The van der Waals surface area contributed by atoms with Crippen LogP contribution >= 0.6 is 11.3 Å². The number of fused-ring (bicyclic) bond motifs is 3. The molecule has 1 amide bonds. The summed E-state index contributed by atoms with van der Waals surface area (Å²) in [6.07, 6.45) is 2.02. The van der Waals surface area contributed by atoms with E-state index in [1.807, 2.05) is 35.7 Å². The predicted octanol–water partition coefficient (Wildman–Crippen LogP) is 4.39. The Morgan fingerprint density at radius 1 is 1.21 bits per heavy atom. The zero-order chi connectivity index (χ0) is 20.4. The lowest BCUT2D eigenvalue weighted by Crippen LogP contribution is -2.19. The Morgan fingerprint density at radius 3 is 2.69 bits per heavy atom. The van der Waals surface area contributed by atoms with Crippen LogP contribution in [0.25, 0.3) is 21.3 Å². The lowest BCUT2D eigenvalue weighted by molar-refractivity contribution is 0.194. The Hall–Kier alpha value is -3.13. The number of rotatable bonds is 7. The Bertz CT molecular complexity index is 1160. The third-order valence-corrected chi connectivity index (χ3v) is 5.86. The van der Waals surface area contributed by atoms with E-state index in [1.54, 1.807) is 11.3 Å². The van der Waals surface area contributed by atoms with E-state index in [2.05, 4.69) is 21.8 Å². The van der Waals surface area contributed by atoms with Gasteiger partial charge in [-0.15, -0.1) is 11.3 Å². The molecule has 150 valence electrons. The normalized spacial score (nSPS) is 11.3. The number of aromatic nitrogens is 3. The fourth-order valence-corrected chi connectivity index (χ4v) is 4.36. The molecule has 0 aliphatic heterocycles. The maximum atomic E-state index is 10.7. The molecule has 7 nitrogen and oxygen atoms in total. The number of carboxylic acid groups (broad SMARTS) is 1. The van der Waals surface area contributed by atoms with Crippen molar-refractivity contribution in [2.24, 2.45) is 0 Å². The highest BCUT2D eigenvalue weighted by Gasteiger charge is 2.18. The minimum absolute atomic E-state index is 0.295. The van der Waals surface area contributed by atoms with Crippen molar-refractivity contribution in [3.63, 3.8) is 0 Å². The topological polar surface area (TPSA) is 106 Å². The van der Waals surface area contributed by atoms with Gasteiger partial charge in [0.05, 0.1) is 15.7 Å². The van der Waals surface area contributed by atoms with Crippen LogP contribution in [0.5, 0.6) is 0 Å². The number of nitrogens with zero attached hydrogens (tertiary/aromatic N) is 3. The van der Waals surface area contributed by atoms with Crippen molar-refractivity contribution >= 4 is 44.5 Å². The van der Waals surface area contributed by atoms with Crippen LogP contribution in [0.1, 0.15) is 36.7 Å². The molecule has 3 aromatic heterocycles. The highest BCUT2D eigenvalue weighted by Crippen LogP contribution is 2.33. The van der Waals surface area contributed by atoms with Crippen LogP contribution in [0, 0.1) is 0 Å². The smallest absolute Gasteiger partial charge is 0.404 e. The second-order valence-corrected chi connectivity index (χ2v) is 7.94. The average molecular weight is 410 g/mol. The molecule has 0 unspecified atom stereocenters. The standard InChI is InChI=1S/C21H23N5O2S/c1-2-3-4-16-25-17-18(19-15(9-10-29-19)24-20(17)22)26(16)12-14-7-5-13(6-8-14)11-23-21(27)28/h5-10,23H,2-4,11-12H2,1H3,(H2,22,24)(H,27,28). The van der Waals surface area contributed by atoms with Gasteiger partial charge in [0.15, 0.2) is 5.82 Å². The van der Waals surface area contributed by atoms with Crippen LogP contribution in [-0.4, -0.2) is 25.7 Å². The number of hydrogen-bond acceptors (Lipinski definition) is 5. The van der Waals surface area contributed by atoms with E-state index in [4.69, 9.17) is 15.8 Å². The molecule has 4 rings (SSSR count). The molecule has 0 bridgehead atoms. The molecule has 3 heterocycles. The lowest BCUT2D eigenvalue weighted by Gasteiger charge is -2.11. The van der Waals surface area contributed by atoms with Crippen LogP contribution in [-0.2, 0) is 19.5 Å². The molecule has 0 atom stereocenters. The third-order valence-electron chi connectivity index (χ3n) is 4.95. The van der Waals surface area contributed by atoms with Crippen LogP contribution in [0.15, 0.2) is 35.7 Å². The van der Waals surface area contributed by atoms with Crippen molar-refractivity contribution in [1.29, 1.82) is 0 Å². The molecule has 8 heteroatoms. The largest absolute Gasteiger partial charge is 0.465 e. The number of nitrogens with two attached hydrogens (primary N) is 1. The minimum atomic E-state index is -1.02. The summed E-state index contributed by atoms with van der Waals surface area (Å²) < 4.78 is 3.36. The lowest BCUT2D eigenvalue weighted by atomic mass is 10.1. The summed E-state index contributed by atoms with van der Waals surface area (Å²) in [7, 11) is 0. The number of anilines is 1. The van der Waals surface area contributed by atoms with Crippen molar-refractivity contribution in [1.82, 2.24) is 19.9 Å². The fraction of sp³-hybridized carbons (Fsp3) is 0.286. The zero-order valence-electron chi connectivity index (χ0n) is 16.2. The first kappa shape index (κ1) is 19.2. The van der Waals surface area contributed by atoms with Crippen molar-refractivity contribution in [2.75, 3.05) is 5.73 Å². The molecule has 0 aliphatic rings. The first-order chi connectivity index (χ1) is 14.1. The molecule has 0 aliphatic carbocycles. The number of aryl methyl sites for hydroxylation is 1. The number of unbranched alkanes of at least 4 members (excludes halogenated alkanes) is 1. The molecular weight excluding hydrogens is 386 g/mol. The first-order valence-electron chi connectivity index (χ1n) is 9.63. The second kappa shape index (κ2) is 8.08. The van der Waals surface area contributed by atoms with Gasteiger partial charge in [-0.1, -0.05) is 37.6 Å². The summed E-state index contributed by atoms with van der Waals surface area (Å²) in [6.45, 7) is 3.15. The van der Waals surface area contributed by atoms with E-state index in [0.717, 1.165) is 57.5 Å². The number of amides is 1. The van der Waals surface area contributed by atoms with Crippen molar-refractivity contribution in [2.45, 2.75) is 39.3 Å². The molecule has 0 spiro atoms. The summed E-state index contributed by atoms with van der Waals surface area (Å²) in [5, 5.41) is 13.2. The number of hydrogen-bond donors (Lipinski definition) is 3. The number of nitrogens with one attached hydrogen (secondary N) is 1. The van der Waals surface area contributed by atoms with E-state index in [9.17, 15) is 4.79 Å². The maximum absolute atomic E-state index is 10.7. The Balaban J connectivity index is 1.74. The second-order valence-electron chi connectivity index (χ2n) is 7.02. The van der Waals surface area contributed by atoms with Gasteiger partial charge in [0.25, 0.3) is 0 Å². The Labute approximate surface area is 172 Å². The molecule has 4 aromatic rings. The number of imidazole rings is 1. The number of thiophene rings is 1. The van der Waals surface area contributed by atoms with Gasteiger partial charge in [0.1, 0.15) is 11.3 Å². The SMILES string of the molecule is CCCCc1nc2c(N)nc3ccsc3c2n1Cc1ccc(CNC(=O)O)cc1. The first-order valence-corrected chi connectivity index (χ1v) is 10.5. The predicted molar refractivity (Wildman–Crippen MR) is 116 cm³/mol. The van der Waals surface area contributed by atoms with Crippen LogP contribution in [0.2, 0.25) is 0 Å². The number of nitrogen functional groups attached to an aromatic ring is 1. The summed E-state index contributed by atoms with van der Waals surface area (Å²) in [4.78, 5) is 20.0. The monoisotopic (exact) mass is 409 g/mol. The number of benzene rings is 1. The van der Waals surface area contributed by atoms with Crippen LogP contribution in [0.3, 0.4) is 0 Å². The van der Waals surface area contributed by atoms with Gasteiger partial charge >= 0.3 is 6.09 Å². The van der Waals surface area contributed by atoms with E-state index in [-0.39, 0.29) is 0 Å². The molecule has 0 saturated carbocycles. The molecule has 0 saturated heterocycles. The highest BCUT2D eigenvalue weighted by atomic mass is 32.1. The van der Waals surface area contributed by atoms with Crippen LogP contribution in [0.4, 0.5) is 10.6 Å². The summed E-state index contributed by atoms with van der Waals surface area (Å²) in [5.41, 5.74) is 11.0. The van der Waals surface area contributed by atoms with Gasteiger partial charge in [0, 0.05) is 19.5 Å². The van der Waals surface area contributed by atoms with E-state index in [1.165, 1.54) is 0 Å². The zero-order valence-corrected chi connectivity index (χ0v) is 17.0. The van der Waals surface area contributed by atoms with Crippen molar-refractivity contribution in [3.8, 4) is 0 Å². The Kier molecular flexibility index (Phi) is 5.35. The highest BCUT2D eigenvalue weighted by molar-refractivity contribution is 7.18. The summed E-state index contributed by atoms with van der Waals surface area (Å²) in [6, 6.07) is 9.96. The molecule has 4 N–H and O–H groups in total. The third kappa shape index (κ3) is 3.88. The minimum Gasteiger partial charge on any atom is -0.465 e. The molecular formula is C21H23N5O2S. The maximum Gasteiger partial charge on any atom is 0.404 e.